The van der Waals surface area contributed by atoms with Crippen LogP contribution in [0.2, 0.25) is 5.02 Å². The third kappa shape index (κ3) is 5.29. The minimum absolute atomic E-state index is 0.00993. The number of rotatable bonds is 7. The van der Waals surface area contributed by atoms with Crippen LogP contribution in [0.4, 0.5) is 4.79 Å². The molecule has 0 aliphatic carbocycles. The standard InChI is InChI=1S/C33H30ClNO5/c34-29-8-4-3-7-27(29)32(36)40-19-21-9-13-24(14-10-21)28-18-26-15-16-30(35(26)33(37)38)31(28)39-20-22-11-12-23-5-1-2-6-25(23)17-22/h1-14,17,26,28,30-31H,15-16,18-20H2,(H,37,38). The molecule has 6 rings (SSSR count). The Hall–Kier alpha value is -3.87. The molecule has 4 aromatic carbocycles. The molecule has 40 heavy (non-hydrogen) atoms. The molecule has 6 nitrogen and oxygen atoms in total. The maximum absolute atomic E-state index is 12.4. The highest BCUT2D eigenvalue weighted by molar-refractivity contribution is 6.33. The monoisotopic (exact) mass is 555 g/mol. The summed E-state index contributed by atoms with van der Waals surface area (Å²) in [6, 6.07) is 29.2. The van der Waals surface area contributed by atoms with E-state index in [1.165, 1.54) is 5.39 Å². The lowest BCUT2D eigenvalue weighted by Gasteiger charge is -2.43. The van der Waals surface area contributed by atoms with E-state index in [2.05, 4.69) is 30.3 Å². The molecule has 2 fully saturated rings. The summed E-state index contributed by atoms with van der Waals surface area (Å²) in [6.07, 6.45) is 1.23. The zero-order valence-corrected chi connectivity index (χ0v) is 22.7. The van der Waals surface area contributed by atoms with Crippen molar-refractivity contribution in [1.29, 1.82) is 0 Å². The van der Waals surface area contributed by atoms with Crippen LogP contribution in [0.15, 0.2) is 91.0 Å². The number of hydrogen-bond donors (Lipinski definition) is 1. The van der Waals surface area contributed by atoms with Crippen LogP contribution in [0, 0.1) is 0 Å². The third-order valence-corrected chi connectivity index (χ3v) is 8.53. The maximum Gasteiger partial charge on any atom is 0.407 e. The lowest BCUT2D eigenvalue weighted by Crippen LogP contribution is -2.53. The molecule has 2 bridgehead atoms. The quantitative estimate of drug-likeness (QED) is 0.240. The summed E-state index contributed by atoms with van der Waals surface area (Å²) in [5.74, 6) is -0.400. The van der Waals surface area contributed by atoms with Crippen LogP contribution in [0.1, 0.15) is 52.2 Å². The van der Waals surface area contributed by atoms with Crippen LogP contribution in [0.25, 0.3) is 10.8 Å². The molecule has 204 valence electrons. The molecular weight excluding hydrogens is 526 g/mol. The summed E-state index contributed by atoms with van der Waals surface area (Å²) in [4.78, 5) is 26.2. The van der Waals surface area contributed by atoms with Crippen LogP contribution in [0.3, 0.4) is 0 Å². The van der Waals surface area contributed by atoms with Crippen LogP contribution >= 0.6 is 11.6 Å². The van der Waals surface area contributed by atoms with Gasteiger partial charge < -0.3 is 14.6 Å². The van der Waals surface area contributed by atoms with Gasteiger partial charge in [-0.1, -0.05) is 84.4 Å². The highest BCUT2D eigenvalue weighted by Crippen LogP contribution is 2.45. The van der Waals surface area contributed by atoms with Crippen molar-refractivity contribution in [3.63, 3.8) is 0 Å². The summed E-state index contributed by atoms with van der Waals surface area (Å²) >= 11 is 6.12. The molecule has 0 radical (unpaired) electrons. The van der Waals surface area contributed by atoms with Gasteiger partial charge in [0.05, 0.1) is 29.3 Å². The van der Waals surface area contributed by atoms with Gasteiger partial charge in [-0.2, -0.15) is 0 Å². The van der Waals surface area contributed by atoms with Crippen molar-refractivity contribution in [2.75, 3.05) is 0 Å². The van der Waals surface area contributed by atoms with Gasteiger partial charge in [-0.05, 0) is 64.9 Å². The molecule has 0 saturated carbocycles. The molecule has 4 aromatic rings. The van der Waals surface area contributed by atoms with Gasteiger partial charge in [0.1, 0.15) is 6.61 Å². The highest BCUT2D eigenvalue weighted by Gasteiger charge is 2.50. The second-order valence-corrected chi connectivity index (χ2v) is 11.0. The summed E-state index contributed by atoms with van der Waals surface area (Å²) < 4.78 is 12.1. The van der Waals surface area contributed by atoms with Crippen LogP contribution in [-0.2, 0) is 22.7 Å². The molecule has 2 aliphatic rings. The van der Waals surface area contributed by atoms with Crippen molar-refractivity contribution in [2.45, 2.75) is 56.6 Å². The number of piperidine rings is 1. The SMILES string of the molecule is O=C(OCc1ccc(C2CC3CCC(C2OCc2ccc4ccccc4c2)N3C(=O)O)cc1)c1ccccc1Cl. The first kappa shape index (κ1) is 26.4. The van der Waals surface area contributed by atoms with Crippen molar-refractivity contribution < 1.29 is 24.2 Å². The largest absolute Gasteiger partial charge is 0.465 e. The molecule has 2 saturated heterocycles. The van der Waals surface area contributed by atoms with Gasteiger partial charge in [0.15, 0.2) is 0 Å². The van der Waals surface area contributed by atoms with Gasteiger partial charge in [0, 0.05) is 12.0 Å². The Kier molecular flexibility index (Phi) is 7.46. The summed E-state index contributed by atoms with van der Waals surface area (Å²) in [7, 11) is 0. The lowest BCUT2D eigenvalue weighted by molar-refractivity contribution is -0.0534. The molecule has 7 heteroatoms. The number of carbonyl (C=O) groups is 2. The molecule has 2 heterocycles. The molecule has 1 N–H and O–H groups in total. The van der Waals surface area contributed by atoms with Gasteiger partial charge in [0.2, 0.25) is 0 Å². The third-order valence-electron chi connectivity index (χ3n) is 8.20. The van der Waals surface area contributed by atoms with Crippen molar-refractivity contribution in [3.05, 3.63) is 118 Å². The number of hydrogen-bond acceptors (Lipinski definition) is 4. The fraction of sp³-hybridized carbons (Fsp3) is 0.273. The Balaban J connectivity index is 1.18. The van der Waals surface area contributed by atoms with E-state index in [1.54, 1.807) is 29.2 Å². The number of nitrogens with zero attached hydrogens (tertiary/aromatic N) is 1. The van der Waals surface area contributed by atoms with E-state index in [9.17, 15) is 14.7 Å². The summed E-state index contributed by atoms with van der Waals surface area (Å²) in [5.41, 5.74) is 3.37. The number of esters is 1. The Morgan fingerprint density at radius 3 is 2.35 bits per heavy atom. The normalized spacial score (nSPS) is 21.9. The van der Waals surface area contributed by atoms with Crippen molar-refractivity contribution in [3.8, 4) is 0 Å². The number of carboxylic acid groups (broad SMARTS) is 1. The summed E-state index contributed by atoms with van der Waals surface area (Å²) in [6.45, 7) is 0.547. The molecule has 1 amide bonds. The second kappa shape index (κ2) is 11.3. The van der Waals surface area contributed by atoms with Crippen molar-refractivity contribution in [1.82, 2.24) is 4.90 Å². The highest BCUT2D eigenvalue weighted by atomic mass is 35.5. The smallest absolute Gasteiger partial charge is 0.407 e. The van der Waals surface area contributed by atoms with Crippen molar-refractivity contribution >= 4 is 34.4 Å². The Labute approximate surface area is 238 Å². The van der Waals surface area contributed by atoms with E-state index >= 15 is 0 Å². The Morgan fingerprint density at radius 2 is 1.57 bits per heavy atom. The van der Waals surface area contributed by atoms with Crippen LogP contribution in [0.5, 0.6) is 0 Å². The zero-order chi connectivity index (χ0) is 27.6. The second-order valence-electron chi connectivity index (χ2n) is 10.6. The molecule has 4 unspecified atom stereocenters. The van der Waals surface area contributed by atoms with Crippen LogP contribution in [-0.4, -0.2) is 40.3 Å². The molecule has 0 aromatic heterocycles. The van der Waals surface area contributed by atoms with E-state index < -0.39 is 12.1 Å². The van der Waals surface area contributed by atoms with E-state index in [-0.39, 0.29) is 30.7 Å². The molecule has 4 atom stereocenters. The fourth-order valence-electron chi connectivity index (χ4n) is 6.25. The van der Waals surface area contributed by atoms with E-state index in [0.717, 1.165) is 34.9 Å². The number of benzene rings is 4. The number of carbonyl (C=O) groups excluding carboxylic acids is 1. The van der Waals surface area contributed by atoms with E-state index in [1.807, 2.05) is 36.4 Å². The van der Waals surface area contributed by atoms with Gasteiger partial charge >= 0.3 is 12.1 Å². The van der Waals surface area contributed by atoms with Crippen molar-refractivity contribution in [2.24, 2.45) is 0 Å². The average Bonchev–Trinajstić information content (AvgIpc) is 3.31. The number of amides is 1. The van der Waals surface area contributed by atoms with Gasteiger partial charge in [-0.15, -0.1) is 0 Å². The van der Waals surface area contributed by atoms with Gasteiger partial charge in [-0.3, -0.25) is 4.90 Å². The average molecular weight is 556 g/mol. The van der Waals surface area contributed by atoms with Gasteiger partial charge in [-0.25, -0.2) is 9.59 Å². The topological polar surface area (TPSA) is 76.1 Å². The fourth-order valence-corrected chi connectivity index (χ4v) is 6.46. The number of ether oxygens (including phenoxy) is 2. The van der Waals surface area contributed by atoms with Gasteiger partial charge in [0.25, 0.3) is 0 Å². The zero-order valence-electron chi connectivity index (χ0n) is 21.9. The minimum atomic E-state index is -0.874. The predicted octanol–water partition coefficient (Wildman–Crippen LogP) is 7.43. The molecular formula is C33H30ClNO5. The number of fused-ring (bicyclic) bond motifs is 3. The molecule has 0 spiro atoms. The summed E-state index contributed by atoms with van der Waals surface area (Å²) in [5, 5.41) is 12.7. The van der Waals surface area contributed by atoms with E-state index in [0.29, 0.717) is 23.6 Å². The molecule has 2 aliphatic heterocycles. The number of halogens is 1. The minimum Gasteiger partial charge on any atom is -0.465 e. The Bertz CT molecular complexity index is 1540. The maximum atomic E-state index is 12.4. The van der Waals surface area contributed by atoms with E-state index in [4.69, 9.17) is 21.1 Å². The first-order valence-corrected chi connectivity index (χ1v) is 14.0. The Morgan fingerprint density at radius 1 is 0.850 bits per heavy atom. The first-order valence-electron chi connectivity index (χ1n) is 13.6. The predicted molar refractivity (Wildman–Crippen MR) is 154 cm³/mol. The lowest BCUT2D eigenvalue weighted by atomic mass is 9.82. The van der Waals surface area contributed by atoms with Crippen LogP contribution < -0.4 is 0 Å². The first-order chi connectivity index (χ1) is 19.5.